The molecule has 0 aliphatic carbocycles. The van der Waals surface area contributed by atoms with Crippen LogP contribution >= 0.6 is 15.9 Å². The van der Waals surface area contributed by atoms with Crippen LogP contribution in [0.4, 0.5) is 4.39 Å². The molecular weight excluding hydrogens is 353 g/mol. The first-order chi connectivity index (χ1) is 10.6. The van der Waals surface area contributed by atoms with Crippen molar-refractivity contribution in [2.24, 2.45) is 0 Å². The Morgan fingerprint density at radius 1 is 1.50 bits per heavy atom. The molecule has 120 valence electrons. The van der Waals surface area contributed by atoms with Crippen LogP contribution in [-0.4, -0.2) is 44.6 Å². The van der Waals surface area contributed by atoms with Crippen molar-refractivity contribution in [2.75, 3.05) is 6.54 Å². The highest BCUT2D eigenvalue weighted by molar-refractivity contribution is 9.10. The summed E-state index contributed by atoms with van der Waals surface area (Å²) < 4.78 is 16.1. The average Bonchev–Trinajstić information content (AvgIpc) is 2.89. The van der Waals surface area contributed by atoms with E-state index in [4.69, 9.17) is 0 Å². The van der Waals surface area contributed by atoms with E-state index in [2.05, 4.69) is 26.2 Å². The molecule has 0 amide bonds. The van der Waals surface area contributed by atoms with E-state index in [1.165, 1.54) is 6.33 Å². The lowest BCUT2D eigenvalue weighted by molar-refractivity contribution is 0.0547. The highest BCUT2D eigenvalue weighted by Crippen LogP contribution is 2.24. The topological polar surface area (TPSA) is 70.3 Å². The minimum absolute atomic E-state index is 0.0931. The van der Waals surface area contributed by atoms with Gasteiger partial charge in [-0.2, -0.15) is 0 Å². The number of aliphatic hydroxyl groups is 2. The number of imidazole rings is 1. The second-order valence-corrected chi connectivity index (χ2v) is 6.64. The summed E-state index contributed by atoms with van der Waals surface area (Å²) in [5.74, 6) is -0.393. The van der Waals surface area contributed by atoms with Crippen molar-refractivity contribution < 1.29 is 14.6 Å². The second-order valence-electron chi connectivity index (χ2n) is 5.79. The number of hydrogen-bond donors (Lipinski definition) is 3. The zero-order chi connectivity index (χ0) is 15.7. The first-order valence-electron chi connectivity index (χ1n) is 7.44. The van der Waals surface area contributed by atoms with Crippen LogP contribution in [0.25, 0.3) is 11.0 Å². The molecule has 7 heteroatoms. The Balaban J connectivity index is 1.71. The molecule has 2 aromatic rings. The predicted octanol–water partition coefficient (Wildman–Crippen LogP) is 1.80. The lowest BCUT2D eigenvalue weighted by atomic mass is 9.96. The molecule has 22 heavy (non-hydrogen) atoms. The number of piperidine rings is 1. The van der Waals surface area contributed by atoms with Crippen LogP contribution in [0.1, 0.15) is 19.3 Å². The molecule has 3 N–H and O–H groups in total. The van der Waals surface area contributed by atoms with Crippen molar-refractivity contribution in [1.82, 2.24) is 14.9 Å². The fourth-order valence-corrected chi connectivity index (χ4v) is 3.31. The summed E-state index contributed by atoms with van der Waals surface area (Å²) in [7, 11) is 0. The molecule has 0 radical (unpaired) electrons. The Bertz CT molecular complexity index is 664. The molecule has 0 spiro atoms. The zero-order valence-corrected chi connectivity index (χ0v) is 13.6. The van der Waals surface area contributed by atoms with Gasteiger partial charge >= 0.3 is 0 Å². The maximum atomic E-state index is 13.9. The van der Waals surface area contributed by atoms with E-state index in [1.54, 1.807) is 16.7 Å². The number of aliphatic hydroxyl groups excluding tert-OH is 2. The van der Waals surface area contributed by atoms with E-state index in [0.717, 1.165) is 19.4 Å². The number of halogens is 2. The largest absolute Gasteiger partial charge is 0.392 e. The first-order valence-corrected chi connectivity index (χ1v) is 8.24. The number of nitrogens with zero attached hydrogens (tertiary/aromatic N) is 2. The molecule has 2 heterocycles. The molecule has 3 rings (SSSR count). The Kier molecular flexibility index (Phi) is 4.77. The fourth-order valence-electron chi connectivity index (χ4n) is 2.99. The third-order valence-electron chi connectivity index (χ3n) is 4.16. The van der Waals surface area contributed by atoms with Crippen molar-refractivity contribution in [3.05, 3.63) is 28.7 Å². The molecular formula is C15H19BrFN3O2. The van der Waals surface area contributed by atoms with Gasteiger partial charge in [-0.1, -0.05) is 0 Å². The third kappa shape index (κ3) is 3.17. The third-order valence-corrected chi connectivity index (χ3v) is 4.78. The van der Waals surface area contributed by atoms with Gasteiger partial charge in [0.05, 0.1) is 35.1 Å². The van der Waals surface area contributed by atoms with Crippen molar-refractivity contribution in [2.45, 2.75) is 44.1 Å². The lowest BCUT2D eigenvalue weighted by Crippen LogP contribution is -2.46. The fraction of sp³-hybridized carbons (Fsp3) is 0.533. The van der Waals surface area contributed by atoms with Gasteiger partial charge in [-0.05, 0) is 53.9 Å². The number of hydrogen-bond acceptors (Lipinski definition) is 4. The monoisotopic (exact) mass is 371 g/mol. The normalized spacial score (nSPS) is 23.8. The minimum atomic E-state index is -0.630. The Morgan fingerprint density at radius 3 is 3.09 bits per heavy atom. The van der Waals surface area contributed by atoms with Gasteiger partial charge in [0.15, 0.2) is 5.82 Å². The maximum Gasteiger partial charge on any atom is 0.165 e. The standard InChI is InChI=1S/C15H19BrFN3O2/c16-10-3-4-12-15(14(10)17)19-8-20(12)7-9(21)6-11-13(22)2-1-5-18-11/h3-4,8-9,11,13,18,21-22H,1-2,5-7H2/t9?,11-,13+/m1/s1. The molecule has 1 aromatic carbocycles. The SMILES string of the molecule is OC(C[C@H]1NCCC[C@@H]1O)Cn1cnc2c(F)c(Br)ccc21. The summed E-state index contributed by atoms with van der Waals surface area (Å²) in [6, 6.07) is 3.31. The molecule has 3 atom stereocenters. The van der Waals surface area contributed by atoms with Crippen LogP contribution in [0.5, 0.6) is 0 Å². The zero-order valence-electron chi connectivity index (χ0n) is 12.0. The molecule has 1 saturated heterocycles. The number of rotatable bonds is 4. The van der Waals surface area contributed by atoms with Crippen molar-refractivity contribution in [3.63, 3.8) is 0 Å². The summed E-state index contributed by atoms with van der Waals surface area (Å²) in [5.41, 5.74) is 0.939. The van der Waals surface area contributed by atoms with Crippen molar-refractivity contribution in [1.29, 1.82) is 0 Å². The van der Waals surface area contributed by atoms with E-state index >= 15 is 0 Å². The van der Waals surface area contributed by atoms with E-state index in [-0.39, 0.29) is 11.6 Å². The second kappa shape index (κ2) is 6.62. The van der Waals surface area contributed by atoms with E-state index < -0.39 is 18.0 Å². The van der Waals surface area contributed by atoms with Crippen LogP contribution in [0.2, 0.25) is 0 Å². The molecule has 1 unspecified atom stereocenters. The van der Waals surface area contributed by atoms with Gasteiger partial charge in [0.1, 0.15) is 5.52 Å². The van der Waals surface area contributed by atoms with Gasteiger partial charge in [-0.25, -0.2) is 9.37 Å². The Hall–Kier alpha value is -1.02. The number of fused-ring (bicyclic) bond motifs is 1. The number of aromatic nitrogens is 2. The molecule has 1 aliphatic rings. The van der Waals surface area contributed by atoms with Crippen LogP contribution in [0, 0.1) is 5.82 Å². The highest BCUT2D eigenvalue weighted by atomic mass is 79.9. The summed E-state index contributed by atoms with van der Waals surface area (Å²) >= 11 is 3.14. The Morgan fingerprint density at radius 2 is 2.32 bits per heavy atom. The number of benzene rings is 1. The van der Waals surface area contributed by atoms with Gasteiger partial charge in [-0.3, -0.25) is 0 Å². The van der Waals surface area contributed by atoms with E-state index in [0.29, 0.717) is 23.0 Å². The smallest absolute Gasteiger partial charge is 0.165 e. The van der Waals surface area contributed by atoms with Crippen LogP contribution in [0.3, 0.4) is 0 Å². The number of nitrogens with one attached hydrogen (secondary N) is 1. The predicted molar refractivity (Wildman–Crippen MR) is 85.0 cm³/mol. The molecule has 0 saturated carbocycles. The van der Waals surface area contributed by atoms with Gasteiger partial charge < -0.3 is 20.1 Å². The van der Waals surface area contributed by atoms with Crippen molar-refractivity contribution in [3.8, 4) is 0 Å². The van der Waals surface area contributed by atoms with E-state index in [9.17, 15) is 14.6 Å². The lowest BCUT2D eigenvalue weighted by Gasteiger charge is -2.30. The van der Waals surface area contributed by atoms with Gasteiger partial charge in [0, 0.05) is 6.04 Å². The van der Waals surface area contributed by atoms with Crippen LogP contribution in [-0.2, 0) is 6.54 Å². The van der Waals surface area contributed by atoms with Gasteiger partial charge in [0.25, 0.3) is 0 Å². The van der Waals surface area contributed by atoms with Gasteiger partial charge in [-0.15, -0.1) is 0 Å². The minimum Gasteiger partial charge on any atom is -0.392 e. The van der Waals surface area contributed by atoms with Gasteiger partial charge in [0.2, 0.25) is 0 Å². The average molecular weight is 372 g/mol. The summed E-state index contributed by atoms with van der Waals surface area (Å²) in [4.78, 5) is 4.08. The Labute approximate surface area is 136 Å². The summed E-state index contributed by atoms with van der Waals surface area (Å²) in [6.45, 7) is 1.18. The summed E-state index contributed by atoms with van der Waals surface area (Å²) in [6.07, 6.45) is 2.66. The molecule has 5 nitrogen and oxygen atoms in total. The summed E-state index contributed by atoms with van der Waals surface area (Å²) in [5, 5.41) is 23.4. The van der Waals surface area contributed by atoms with Crippen LogP contribution < -0.4 is 5.32 Å². The molecule has 1 aliphatic heterocycles. The quantitative estimate of drug-likeness (QED) is 0.766. The molecule has 1 aromatic heterocycles. The van der Waals surface area contributed by atoms with Crippen molar-refractivity contribution >= 4 is 27.0 Å². The molecule has 0 bridgehead atoms. The first kappa shape index (κ1) is 15.9. The highest BCUT2D eigenvalue weighted by Gasteiger charge is 2.25. The maximum absolute atomic E-state index is 13.9. The van der Waals surface area contributed by atoms with Crippen LogP contribution in [0.15, 0.2) is 22.9 Å². The van der Waals surface area contributed by atoms with E-state index in [1.807, 2.05) is 0 Å². The molecule has 1 fully saturated rings.